The van der Waals surface area contributed by atoms with Crippen molar-refractivity contribution in [1.82, 2.24) is 31.3 Å². The third kappa shape index (κ3) is 4.19. The zero-order valence-corrected chi connectivity index (χ0v) is 11.3. The number of carbonyl (C=O) groups excluding carboxylic acids is 1. The molecule has 9 nitrogen and oxygen atoms in total. The molecule has 0 bridgehead atoms. The maximum atomic E-state index is 11.7. The van der Waals surface area contributed by atoms with Crippen LogP contribution in [0.2, 0.25) is 0 Å². The zero-order chi connectivity index (χ0) is 14.6. The quantitative estimate of drug-likeness (QED) is 0.611. The average Bonchev–Trinajstić information content (AvgIpc) is 2.77. The monoisotopic (exact) mass is 270 g/mol. The topological polar surface area (TPSA) is 133 Å². The Morgan fingerprint density at radius 3 is 2.37 bits per heavy atom. The highest BCUT2D eigenvalue weighted by Gasteiger charge is 2.32. The summed E-state index contributed by atoms with van der Waals surface area (Å²) in [6.45, 7) is 6.86. The van der Waals surface area contributed by atoms with E-state index in [2.05, 4.69) is 31.3 Å². The fraction of sp³-hybridized carbons (Fsp3) is 0.700. The lowest BCUT2D eigenvalue weighted by Crippen LogP contribution is -2.52. The van der Waals surface area contributed by atoms with Crippen LogP contribution in [0.4, 0.5) is 4.79 Å². The Kier molecular flexibility index (Phi) is 4.41. The van der Waals surface area contributed by atoms with Crippen molar-refractivity contribution in [1.29, 1.82) is 0 Å². The normalized spacial score (nSPS) is 14.5. The highest BCUT2D eigenvalue weighted by atomic mass is 16.4. The van der Waals surface area contributed by atoms with Crippen molar-refractivity contribution < 1.29 is 14.7 Å². The molecule has 0 aliphatic rings. The van der Waals surface area contributed by atoms with Crippen LogP contribution in [0, 0.1) is 5.41 Å². The van der Waals surface area contributed by atoms with E-state index in [0.717, 1.165) is 0 Å². The first-order valence-electron chi connectivity index (χ1n) is 5.75. The van der Waals surface area contributed by atoms with Gasteiger partial charge in [0.05, 0.1) is 6.04 Å². The van der Waals surface area contributed by atoms with E-state index in [1.807, 2.05) is 0 Å². The van der Waals surface area contributed by atoms with Gasteiger partial charge in [0.2, 0.25) is 0 Å². The summed E-state index contributed by atoms with van der Waals surface area (Å²) in [4.78, 5) is 22.9. The number of hydrogen-bond acceptors (Lipinski definition) is 5. The zero-order valence-electron chi connectivity index (χ0n) is 11.3. The van der Waals surface area contributed by atoms with Crippen molar-refractivity contribution in [3.63, 3.8) is 0 Å². The van der Waals surface area contributed by atoms with Gasteiger partial charge < -0.3 is 15.7 Å². The molecule has 1 unspecified atom stereocenters. The molecule has 1 aromatic heterocycles. The number of carboxylic acid groups (broad SMARTS) is 1. The molecule has 0 aromatic carbocycles. The number of nitrogens with one attached hydrogen (secondary N) is 3. The molecule has 9 heteroatoms. The molecular weight excluding hydrogens is 252 g/mol. The Bertz CT molecular complexity index is 439. The first-order valence-corrected chi connectivity index (χ1v) is 5.75. The minimum absolute atomic E-state index is 0.317. The minimum Gasteiger partial charge on any atom is -0.480 e. The van der Waals surface area contributed by atoms with Crippen molar-refractivity contribution >= 4 is 12.0 Å². The van der Waals surface area contributed by atoms with Crippen LogP contribution in [0.25, 0.3) is 0 Å². The highest BCUT2D eigenvalue weighted by Crippen LogP contribution is 2.19. The molecule has 0 aliphatic carbocycles. The van der Waals surface area contributed by atoms with E-state index in [9.17, 15) is 9.59 Å². The van der Waals surface area contributed by atoms with Crippen LogP contribution in [0.15, 0.2) is 0 Å². The van der Waals surface area contributed by atoms with Crippen LogP contribution < -0.4 is 10.6 Å². The summed E-state index contributed by atoms with van der Waals surface area (Å²) in [5.74, 6) is -0.771. The fourth-order valence-electron chi connectivity index (χ4n) is 1.44. The summed E-state index contributed by atoms with van der Waals surface area (Å²) in [6.07, 6.45) is 0. The van der Waals surface area contributed by atoms with E-state index in [-0.39, 0.29) is 0 Å². The van der Waals surface area contributed by atoms with Crippen molar-refractivity contribution in [3.05, 3.63) is 5.82 Å². The van der Waals surface area contributed by atoms with Gasteiger partial charge in [-0.05, 0) is 12.3 Å². The van der Waals surface area contributed by atoms with Gasteiger partial charge >= 0.3 is 12.0 Å². The van der Waals surface area contributed by atoms with E-state index >= 15 is 0 Å². The molecule has 106 valence electrons. The summed E-state index contributed by atoms with van der Waals surface area (Å²) in [7, 11) is 0. The number of rotatable bonds is 4. The summed E-state index contributed by atoms with van der Waals surface area (Å²) in [5.41, 5.74) is -0.599. The molecule has 1 aromatic rings. The standard InChI is InChI=1S/C10H18N6O3/c1-5(7-13-15-16-14-7)11-9(19)12-6(8(17)18)10(2,3)4/h5-6H,1-4H3,(H,17,18)(H2,11,12,19)(H,13,14,15,16)/t5?,6-/m0/s1. The lowest BCUT2D eigenvalue weighted by Gasteiger charge is -2.28. The smallest absolute Gasteiger partial charge is 0.326 e. The number of urea groups is 1. The number of tetrazole rings is 1. The van der Waals surface area contributed by atoms with Crippen molar-refractivity contribution in [2.75, 3.05) is 0 Å². The van der Waals surface area contributed by atoms with E-state index in [1.54, 1.807) is 27.7 Å². The first kappa shape index (κ1) is 14.9. The SMILES string of the molecule is CC(NC(=O)N[C@@H](C(=O)O)C(C)(C)C)c1nn[nH]n1. The van der Waals surface area contributed by atoms with Gasteiger partial charge in [-0.3, -0.25) is 0 Å². The number of hydrogen-bond donors (Lipinski definition) is 4. The minimum atomic E-state index is -1.09. The lowest BCUT2D eigenvalue weighted by molar-refractivity contribution is -0.141. The number of aliphatic carboxylic acids is 1. The molecule has 0 spiro atoms. The van der Waals surface area contributed by atoms with E-state index in [1.165, 1.54) is 0 Å². The molecule has 19 heavy (non-hydrogen) atoms. The van der Waals surface area contributed by atoms with Gasteiger partial charge in [0.15, 0.2) is 5.82 Å². The number of H-pyrrole nitrogens is 1. The second-order valence-electron chi connectivity index (χ2n) is 5.25. The van der Waals surface area contributed by atoms with Crippen molar-refractivity contribution in [2.45, 2.75) is 39.8 Å². The number of carboxylic acids is 1. The number of aromatic amines is 1. The van der Waals surface area contributed by atoms with Gasteiger partial charge in [0, 0.05) is 0 Å². The predicted octanol–water partition coefficient (Wildman–Crippen LogP) is 0.0592. The van der Waals surface area contributed by atoms with E-state index < -0.39 is 29.5 Å². The van der Waals surface area contributed by atoms with Gasteiger partial charge in [-0.2, -0.15) is 5.21 Å². The number of amides is 2. The second kappa shape index (κ2) is 5.63. The molecule has 2 amide bonds. The Hall–Kier alpha value is -2.19. The molecule has 1 heterocycles. The molecule has 4 N–H and O–H groups in total. The van der Waals surface area contributed by atoms with Crippen LogP contribution in [0.1, 0.15) is 39.6 Å². The first-order chi connectivity index (χ1) is 8.71. The van der Waals surface area contributed by atoms with Crippen LogP contribution >= 0.6 is 0 Å². The van der Waals surface area contributed by atoms with Gasteiger partial charge in [0.1, 0.15) is 6.04 Å². The van der Waals surface area contributed by atoms with Crippen LogP contribution in [-0.2, 0) is 4.79 Å². The van der Waals surface area contributed by atoms with Crippen LogP contribution in [-0.4, -0.2) is 43.8 Å². The van der Waals surface area contributed by atoms with E-state index in [4.69, 9.17) is 5.11 Å². The Morgan fingerprint density at radius 2 is 1.95 bits per heavy atom. The third-order valence-corrected chi connectivity index (χ3v) is 2.49. The second-order valence-corrected chi connectivity index (χ2v) is 5.25. The van der Waals surface area contributed by atoms with Gasteiger partial charge in [0.25, 0.3) is 0 Å². The molecule has 0 radical (unpaired) electrons. The summed E-state index contributed by atoms with van der Waals surface area (Å²) in [5, 5.41) is 27.1. The maximum absolute atomic E-state index is 11.7. The summed E-state index contributed by atoms with van der Waals surface area (Å²) >= 11 is 0. The molecule has 1 rings (SSSR count). The summed E-state index contributed by atoms with van der Waals surface area (Å²) < 4.78 is 0. The molecule has 0 saturated carbocycles. The Labute approximate surface area is 110 Å². The number of nitrogens with zero attached hydrogens (tertiary/aromatic N) is 3. The fourth-order valence-corrected chi connectivity index (χ4v) is 1.44. The van der Waals surface area contributed by atoms with Crippen LogP contribution in [0.3, 0.4) is 0 Å². The number of aromatic nitrogens is 4. The molecule has 2 atom stereocenters. The van der Waals surface area contributed by atoms with Crippen LogP contribution in [0.5, 0.6) is 0 Å². The Morgan fingerprint density at radius 1 is 1.32 bits per heavy atom. The molecule has 0 fully saturated rings. The highest BCUT2D eigenvalue weighted by molar-refractivity contribution is 5.83. The Balaban J connectivity index is 2.61. The van der Waals surface area contributed by atoms with Gasteiger partial charge in [-0.1, -0.05) is 26.0 Å². The third-order valence-electron chi connectivity index (χ3n) is 2.49. The van der Waals surface area contributed by atoms with Crippen molar-refractivity contribution in [3.8, 4) is 0 Å². The summed E-state index contributed by atoms with van der Waals surface area (Å²) in [6, 6.07) is -2.07. The average molecular weight is 270 g/mol. The predicted molar refractivity (Wildman–Crippen MR) is 65.1 cm³/mol. The molecule has 0 aliphatic heterocycles. The van der Waals surface area contributed by atoms with E-state index in [0.29, 0.717) is 5.82 Å². The molecular formula is C10H18N6O3. The molecule has 0 saturated heterocycles. The van der Waals surface area contributed by atoms with Gasteiger partial charge in [-0.25, -0.2) is 9.59 Å². The lowest BCUT2D eigenvalue weighted by atomic mass is 9.87. The van der Waals surface area contributed by atoms with Crippen molar-refractivity contribution in [2.24, 2.45) is 5.41 Å². The number of carbonyl (C=O) groups is 2. The van der Waals surface area contributed by atoms with Gasteiger partial charge in [-0.15, -0.1) is 10.2 Å². The maximum Gasteiger partial charge on any atom is 0.326 e. The largest absolute Gasteiger partial charge is 0.480 e.